The number of anilines is 1. The minimum Gasteiger partial charge on any atom is -0.497 e. The minimum absolute atomic E-state index is 0.0154. The lowest BCUT2D eigenvalue weighted by Gasteiger charge is -2.41. The largest absolute Gasteiger partial charge is 0.497 e. The molecular weight excluding hydrogens is 334 g/mol. The van der Waals surface area contributed by atoms with Gasteiger partial charge in [0, 0.05) is 38.0 Å². The molecule has 0 bridgehead atoms. The molecule has 1 aromatic rings. The first-order chi connectivity index (χ1) is 12.6. The second-order valence-corrected chi connectivity index (χ2v) is 7.00. The SMILES string of the molecule is COCC(=O)N1CCC(Nc2cccc(OC)c2)(C(=O)NC2CC2)CC1. The van der Waals surface area contributed by atoms with Crippen LogP contribution in [0.2, 0.25) is 0 Å². The molecule has 3 rings (SSSR count). The molecule has 1 aliphatic carbocycles. The molecule has 1 aliphatic heterocycles. The van der Waals surface area contributed by atoms with Crippen molar-refractivity contribution in [1.82, 2.24) is 10.2 Å². The van der Waals surface area contributed by atoms with E-state index < -0.39 is 5.54 Å². The Balaban J connectivity index is 1.74. The van der Waals surface area contributed by atoms with Gasteiger partial charge in [-0.15, -0.1) is 0 Å². The van der Waals surface area contributed by atoms with Gasteiger partial charge in [-0.05, 0) is 37.8 Å². The fourth-order valence-electron chi connectivity index (χ4n) is 3.29. The van der Waals surface area contributed by atoms with Crippen LogP contribution in [0.1, 0.15) is 25.7 Å². The highest BCUT2D eigenvalue weighted by molar-refractivity contribution is 5.90. The van der Waals surface area contributed by atoms with Crippen LogP contribution in [0.5, 0.6) is 5.75 Å². The molecule has 1 saturated carbocycles. The van der Waals surface area contributed by atoms with E-state index in [4.69, 9.17) is 9.47 Å². The first-order valence-electron chi connectivity index (χ1n) is 9.06. The van der Waals surface area contributed by atoms with Crippen LogP contribution in [0.3, 0.4) is 0 Å². The third kappa shape index (κ3) is 4.27. The van der Waals surface area contributed by atoms with Crippen molar-refractivity contribution < 1.29 is 19.1 Å². The van der Waals surface area contributed by atoms with Crippen molar-refractivity contribution >= 4 is 17.5 Å². The Morgan fingerprint density at radius 3 is 2.58 bits per heavy atom. The molecular formula is C19H27N3O4. The summed E-state index contributed by atoms with van der Waals surface area (Å²) < 4.78 is 10.2. The fraction of sp³-hybridized carbons (Fsp3) is 0.579. The maximum atomic E-state index is 13.0. The number of rotatable bonds is 7. The summed E-state index contributed by atoms with van der Waals surface area (Å²) in [5.41, 5.74) is 0.116. The van der Waals surface area contributed by atoms with Gasteiger partial charge in [-0.3, -0.25) is 9.59 Å². The number of hydrogen-bond acceptors (Lipinski definition) is 5. The molecule has 0 atom stereocenters. The molecule has 2 amide bonds. The molecule has 26 heavy (non-hydrogen) atoms. The van der Waals surface area contributed by atoms with Gasteiger partial charge < -0.3 is 25.0 Å². The van der Waals surface area contributed by atoms with E-state index in [1.807, 2.05) is 24.3 Å². The molecule has 2 N–H and O–H groups in total. The Kier molecular flexibility index (Phi) is 5.66. The molecule has 1 heterocycles. The van der Waals surface area contributed by atoms with Crippen LogP contribution in [0, 0.1) is 0 Å². The van der Waals surface area contributed by atoms with Crippen molar-refractivity contribution in [1.29, 1.82) is 0 Å². The Morgan fingerprint density at radius 1 is 1.23 bits per heavy atom. The second-order valence-electron chi connectivity index (χ2n) is 7.00. The number of carbonyl (C=O) groups is 2. The summed E-state index contributed by atoms with van der Waals surface area (Å²) in [6, 6.07) is 7.87. The van der Waals surface area contributed by atoms with Gasteiger partial charge in [0.2, 0.25) is 11.8 Å². The number of carbonyl (C=O) groups excluding carboxylic acids is 2. The number of nitrogens with zero attached hydrogens (tertiary/aromatic N) is 1. The number of hydrogen-bond donors (Lipinski definition) is 2. The van der Waals surface area contributed by atoms with Crippen LogP contribution < -0.4 is 15.4 Å². The zero-order chi connectivity index (χ0) is 18.6. The van der Waals surface area contributed by atoms with Crippen LogP contribution in [0.15, 0.2) is 24.3 Å². The smallest absolute Gasteiger partial charge is 0.248 e. The Labute approximate surface area is 154 Å². The lowest BCUT2D eigenvalue weighted by atomic mass is 9.85. The summed E-state index contributed by atoms with van der Waals surface area (Å²) in [6.45, 7) is 1.12. The molecule has 0 aromatic heterocycles. The number of ether oxygens (including phenoxy) is 2. The van der Waals surface area contributed by atoms with Crippen molar-refractivity contribution in [3.63, 3.8) is 0 Å². The summed E-state index contributed by atoms with van der Waals surface area (Å²) in [5.74, 6) is 0.715. The van der Waals surface area contributed by atoms with Crippen molar-refractivity contribution in [2.45, 2.75) is 37.3 Å². The average Bonchev–Trinajstić information content (AvgIpc) is 3.46. The average molecular weight is 361 g/mol. The number of amides is 2. The summed E-state index contributed by atoms with van der Waals surface area (Å²) in [4.78, 5) is 26.8. The standard InChI is InChI=1S/C19H27N3O4/c1-25-13-17(23)22-10-8-19(9-11-22,18(24)20-14-6-7-14)21-15-4-3-5-16(12-15)26-2/h3-5,12,14,21H,6-11,13H2,1-2H3,(H,20,24). The van der Waals surface area contributed by atoms with E-state index in [1.54, 1.807) is 12.0 Å². The number of likely N-dealkylation sites (tertiary alicyclic amines) is 1. The van der Waals surface area contributed by atoms with Gasteiger partial charge in [-0.2, -0.15) is 0 Å². The second kappa shape index (κ2) is 7.95. The van der Waals surface area contributed by atoms with E-state index in [1.165, 1.54) is 7.11 Å². The number of piperidine rings is 1. The quantitative estimate of drug-likeness (QED) is 0.767. The Morgan fingerprint density at radius 2 is 1.96 bits per heavy atom. The van der Waals surface area contributed by atoms with Crippen molar-refractivity contribution in [3.05, 3.63) is 24.3 Å². The van der Waals surface area contributed by atoms with Crippen LogP contribution in [0.4, 0.5) is 5.69 Å². The third-order valence-corrected chi connectivity index (χ3v) is 5.04. The monoisotopic (exact) mass is 361 g/mol. The number of methoxy groups -OCH3 is 2. The molecule has 7 nitrogen and oxygen atoms in total. The summed E-state index contributed by atoms with van der Waals surface area (Å²) in [6.07, 6.45) is 3.19. The summed E-state index contributed by atoms with van der Waals surface area (Å²) in [5, 5.41) is 6.55. The minimum atomic E-state index is -0.723. The lowest BCUT2D eigenvalue weighted by Crippen LogP contribution is -2.59. The molecule has 2 aliphatic rings. The lowest BCUT2D eigenvalue weighted by molar-refractivity contribution is -0.139. The van der Waals surface area contributed by atoms with E-state index in [0.29, 0.717) is 32.0 Å². The maximum absolute atomic E-state index is 13.0. The highest BCUT2D eigenvalue weighted by Gasteiger charge is 2.44. The van der Waals surface area contributed by atoms with Crippen molar-refractivity contribution in [2.75, 3.05) is 39.2 Å². The molecule has 0 unspecified atom stereocenters. The molecule has 1 aromatic carbocycles. The van der Waals surface area contributed by atoms with Crippen LogP contribution in [0.25, 0.3) is 0 Å². The van der Waals surface area contributed by atoms with E-state index in [2.05, 4.69) is 10.6 Å². The van der Waals surface area contributed by atoms with Crippen LogP contribution in [-0.2, 0) is 14.3 Å². The van der Waals surface area contributed by atoms with Gasteiger partial charge in [0.25, 0.3) is 0 Å². The van der Waals surface area contributed by atoms with Gasteiger partial charge in [-0.1, -0.05) is 6.07 Å². The van der Waals surface area contributed by atoms with E-state index >= 15 is 0 Å². The van der Waals surface area contributed by atoms with Crippen molar-refractivity contribution in [2.24, 2.45) is 0 Å². The van der Waals surface area contributed by atoms with Crippen LogP contribution >= 0.6 is 0 Å². The molecule has 0 radical (unpaired) electrons. The third-order valence-electron chi connectivity index (χ3n) is 5.04. The van der Waals surface area contributed by atoms with Gasteiger partial charge in [0.1, 0.15) is 17.9 Å². The Hall–Kier alpha value is -2.28. The topological polar surface area (TPSA) is 79.9 Å². The van der Waals surface area contributed by atoms with Gasteiger partial charge in [-0.25, -0.2) is 0 Å². The van der Waals surface area contributed by atoms with Crippen LogP contribution in [-0.4, -0.2) is 62.2 Å². The summed E-state index contributed by atoms with van der Waals surface area (Å²) >= 11 is 0. The predicted molar refractivity (Wildman–Crippen MR) is 98.2 cm³/mol. The van der Waals surface area contributed by atoms with E-state index in [0.717, 1.165) is 24.3 Å². The Bertz CT molecular complexity index is 652. The van der Waals surface area contributed by atoms with Gasteiger partial charge >= 0.3 is 0 Å². The zero-order valence-corrected chi connectivity index (χ0v) is 15.4. The van der Waals surface area contributed by atoms with E-state index in [-0.39, 0.29) is 18.4 Å². The fourth-order valence-corrected chi connectivity index (χ4v) is 3.29. The highest BCUT2D eigenvalue weighted by atomic mass is 16.5. The molecule has 0 spiro atoms. The van der Waals surface area contributed by atoms with Crippen molar-refractivity contribution in [3.8, 4) is 5.75 Å². The highest BCUT2D eigenvalue weighted by Crippen LogP contribution is 2.31. The molecule has 7 heteroatoms. The molecule has 142 valence electrons. The first kappa shape index (κ1) is 18.5. The van der Waals surface area contributed by atoms with Gasteiger partial charge in [0.05, 0.1) is 7.11 Å². The molecule has 2 fully saturated rings. The normalized spacial score (nSPS) is 18.9. The van der Waals surface area contributed by atoms with E-state index in [9.17, 15) is 9.59 Å². The maximum Gasteiger partial charge on any atom is 0.248 e. The number of benzene rings is 1. The zero-order valence-electron chi connectivity index (χ0n) is 15.4. The predicted octanol–water partition coefficient (Wildman–Crippen LogP) is 1.39. The van der Waals surface area contributed by atoms with Gasteiger partial charge in [0.15, 0.2) is 0 Å². The summed E-state index contributed by atoms with van der Waals surface area (Å²) in [7, 11) is 3.13. The number of nitrogens with one attached hydrogen (secondary N) is 2. The molecule has 1 saturated heterocycles. The first-order valence-corrected chi connectivity index (χ1v) is 9.06.